The van der Waals surface area contributed by atoms with E-state index in [-0.39, 0.29) is 60.1 Å². The number of urea groups is 1. The van der Waals surface area contributed by atoms with E-state index in [1.54, 1.807) is 0 Å². The molecular weight excluding hydrogens is 1170 g/mol. The Morgan fingerprint density at radius 1 is 0.551 bits per heavy atom. The molecule has 2 aromatic carbocycles. The SMILES string of the molecule is CC(C)(C)OC(=O)NC1CCC(OC(=O)N[C@@H]2C[C@H]2c2ccc(-c3cccc(CCC(=O)NCCOCCOCCOCCOCCOCCOCCOCCOCCOCCOCCOCCNC(=O)CCCC[C@@H]4SC[C@@H]5NC(=O)N[C@@H]54)c3)cc2)CC1. The van der Waals surface area contributed by atoms with Crippen LogP contribution >= 0.6 is 11.8 Å². The number of rotatable bonds is 49. The predicted octanol–water partition coefficient (Wildman–Crippen LogP) is 5.85. The summed E-state index contributed by atoms with van der Waals surface area (Å²) in [6.07, 6.45) is 7.05. The lowest BCUT2D eigenvalue weighted by atomic mass is 9.93. The minimum absolute atomic E-state index is 0.0182. The summed E-state index contributed by atoms with van der Waals surface area (Å²) in [5.41, 5.74) is 3.88. The zero-order chi connectivity index (χ0) is 63.0. The highest BCUT2D eigenvalue weighted by atomic mass is 32.2. The predicted molar refractivity (Wildman–Crippen MR) is 335 cm³/mol. The molecule has 0 unspecified atom stereocenters. The largest absolute Gasteiger partial charge is 0.446 e. The number of nitrogens with one attached hydrogen (secondary N) is 6. The lowest BCUT2D eigenvalue weighted by Crippen LogP contribution is -2.42. The van der Waals surface area contributed by atoms with Crippen LogP contribution in [0.5, 0.6) is 0 Å². The van der Waals surface area contributed by atoms with E-state index in [4.69, 9.17) is 61.6 Å². The van der Waals surface area contributed by atoms with E-state index in [1.165, 1.54) is 5.56 Å². The number of ether oxygens (including phenoxy) is 13. The average Bonchev–Trinajstić information content (AvgIpc) is 2.04. The van der Waals surface area contributed by atoms with E-state index < -0.39 is 11.7 Å². The molecule has 5 atom stereocenters. The minimum atomic E-state index is -0.545. The lowest BCUT2D eigenvalue weighted by Gasteiger charge is -2.29. The molecule has 0 bridgehead atoms. The van der Waals surface area contributed by atoms with Gasteiger partial charge in [0.15, 0.2) is 0 Å². The van der Waals surface area contributed by atoms with Crippen LogP contribution < -0.4 is 31.9 Å². The van der Waals surface area contributed by atoms with Crippen LogP contribution in [0, 0.1) is 0 Å². The van der Waals surface area contributed by atoms with E-state index in [9.17, 15) is 24.0 Å². The number of thioether (sulfide) groups is 1. The van der Waals surface area contributed by atoms with Gasteiger partial charge < -0.3 is 93.5 Å². The number of benzene rings is 2. The highest BCUT2D eigenvalue weighted by Crippen LogP contribution is 2.41. The first-order valence-electron chi connectivity index (χ1n) is 32.1. The zero-order valence-electron chi connectivity index (χ0n) is 52.9. The van der Waals surface area contributed by atoms with Gasteiger partial charge in [0.05, 0.1) is 157 Å². The molecule has 6 rings (SSSR count). The number of carbonyl (C=O) groups is 5. The summed E-state index contributed by atoms with van der Waals surface area (Å²) < 4.78 is 72.1. The van der Waals surface area contributed by atoms with E-state index in [0.717, 1.165) is 61.0 Å². The summed E-state index contributed by atoms with van der Waals surface area (Å²) in [6.45, 7) is 16.4. The Kier molecular flexibility index (Phi) is 36.0. The van der Waals surface area contributed by atoms with E-state index in [0.29, 0.717) is 196 Å². The van der Waals surface area contributed by atoms with Crippen LogP contribution in [-0.2, 0) is 77.6 Å². The molecule has 0 aromatic heterocycles. The number of aryl methyl sites for hydroxylation is 1. The van der Waals surface area contributed by atoms with Crippen molar-refractivity contribution < 1.29 is 85.6 Å². The van der Waals surface area contributed by atoms with Crippen molar-refractivity contribution >= 4 is 41.8 Å². The fourth-order valence-electron chi connectivity index (χ4n) is 10.2. The van der Waals surface area contributed by atoms with Gasteiger partial charge in [-0.1, -0.05) is 55.0 Å². The quantitative estimate of drug-likeness (QED) is 0.0335. The van der Waals surface area contributed by atoms with Gasteiger partial charge in [-0.15, -0.1) is 0 Å². The van der Waals surface area contributed by atoms with Crippen LogP contribution in [0.3, 0.4) is 0 Å². The third-order valence-corrected chi connectivity index (χ3v) is 16.4. The van der Waals surface area contributed by atoms with Crippen LogP contribution in [0.25, 0.3) is 11.1 Å². The maximum absolute atomic E-state index is 12.7. The molecule has 2 saturated heterocycles. The Morgan fingerprint density at radius 2 is 1.04 bits per heavy atom. The third-order valence-electron chi connectivity index (χ3n) is 14.9. The van der Waals surface area contributed by atoms with Crippen LogP contribution in [0.2, 0.25) is 0 Å². The van der Waals surface area contributed by atoms with Crippen molar-refractivity contribution in [1.82, 2.24) is 31.9 Å². The van der Waals surface area contributed by atoms with Gasteiger partial charge in [-0.25, -0.2) is 14.4 Å². The standard InChI is InChI=1S/C64H102N6O18S/c1-64(2,3)88-63(75)67-52-16-18-53(19-17-52)87-62(74)69-55-46-54(55)50-14-12-49(13-15-50)51-8-6-7-48(45-51)11-20-59(72)66-22-24-77-26-28-79-30-32-81-34-36-83-38-40-85-42-44-86-43-41-84-39-37-82-35-33-80-31-29-78-27-25-76-23-21-65-58(71)10-5-4-9-57-60-56(47-89-57)68-61(73)70-60/h6-8,12-15,45,52-57,60H,4-5,9-11,16-44,46-47H2,1-3H3,(H,65,71)(H,66,72)(H,67,75)(H,69,74)(H2,68,70,73)/t52?,53?,54-,55+,56-,57-,60-/m0/s1. The maximum Gasteiger partial charge on any atom is 0.407 e. The van der Waals surface area contributed by atoms with Crippen LogP contribution in [-0.4, -0.2) is 235 Å². The van der Waals surface area contributed by atoms with Gasteiger partial charge in [0.2, 0.25) is 11.8 Å². The summed E-state index contributed by atoms with van der Waals surface area (Å²) >= 11 is 1.90. The molecule has 4 aliphatic rings. The lowest BCUT2D eigenvalue weighted by molar-refractivity contribution is -0.122. The molecule has 6 amide bonds. The summed E-state index contributed by atoms with van der Waals surface area (Å²) in [5, 5.41) is 18.2. The Labute approximate surface area is 530 Å². The van der Waals surface area contributed by atoms with Gasteiger partial charge >= 0.3 is 18.2 Å². The van der Waals surface area contributed by atoms with E-state index in [1.807, 2.05) is 44.7 Å². The second kappa shape index (κ2) is 43.8. The molecule has 24 nitrogen and oxygen atoms in total. The minimum Gasteiger partial charge on any atom is -0.446 e. The fourth-order valence-corrected chi connectivity index (χ4v) is 11.8. The first kappa shape index (κ1) is 73.2. The van der Waals surface area contributed by atoms with Crippen molar-refractivity contribution in [2.45, 2.75) is 138 Å². The first-order chi connectivity index (χ1) is 43.4. The molecule has 502 valence electrons. The smallest absolute Gasteiger partial charge is 0.407 e. The second-order valence-corrected chi connectivity index (χ2v) is 24.5. The molecule has 2 saturated carbocycles. The van der Waals surface area contributed by atoms with E-state index >= 15 is 0 Å². The molecule has 2 aliphatic carbocycles. The Balaban J connectivity index is 0.601. The van der Waals surface area contributed by atoms with Gasteiger partial charge in [0.25, 0.3) is 0 Å². The Hall–Kier alpha value is -4.90. The normalized spacial score (nSPS) is 20.3. The number of fused-ring (bicyclic) bond motifs is 1. The van der Waals surface area contributed by atoms with Crippen LogP contribution in [0.1, 0.15) is 102 Å². The molecule has 6 N–H and O–H groups in total. The van der Waals surface area contributed by atoms with Gasteiger partial charge in [-0.05, 0) is 94.4 Å². The highest BCUT2D eigenvalue weighted by Gasteiger charge is 2.43. The number of carbonyl (C=O) groups excluding carboxylic acids is 5. The molecule has 0 spiro atoms. The molecule has 2 aliphatic heterocycles. The van der Waals surface area contributed by atoms with E-state index in [2.05, 4.69) is 68.3 Å². The summed E-state index contributed by atoms with van der Waals surface area (Å²) in [7, 11) is 0. The molecule has 25 heteroatoms. The van der Waals surface area contributed by atoms with Crippen LogP contribution in [0.15, 0.2) is 48.5 Å². The third kappa shape index (κ3) is 32.8. The summed E-state index contributed by atoms with van der Waals surface area (Å²) in [5.74, 6) is 1.20. The first-order valence-corrected chi connectivity index (χ1v) is 33.2. The number of hydrogen-bond donors (Lipinski definition) is 6. The number of hydrogen-bond acceptors (Lipinski definition) is 19. The van der Waals surface area contributed by atoms with Gasteiger partial charge in [0, 0.05) is 54.9 Å². The number of alkyl carbamates (subject to hydrolysis) is 2. The zero-order valence-corrected chi connectivity index (χ0v) is 53.7. The van der Waals surface area contributed by atoms with Crippen molar-refractivity contribution in [2.75, 3.05) is 164 Å². The van der Waals surface area contributed by atoms with Crippen molar-refractivity contribution in [2.24, 2.45) is 0 Å². The van der Waals surface area contributed by atoms with Crippen molar-refractivity contribution in [3.63, 3.8) is 0 Å². The monoisotopic (exact) mass is 1270 g/mol. The Bertz CT molecular complexity index is 2300. The molecule has 2 aromatic rings. The Morgan fingerprint density at radius 3 is 1.55 bits per heavy atom. The molecule has 89 heavy (non-hydrogen) atoms. The van der Waals surface area contributed by atoms with Gasteiger partial charge in [0.1, 0.15) is 11.7 Å². The van der Waals surface area contributed by atoms with Gasteiger partial charge in [-0.2, -0.15) is 11.8 Å². The van der Waals surface area contributed by atoms with Crippen molar-refractivity contribution in [3.05, 3.63) is 59.7 Å². The fraction of sp³-hybridized carbons (Fsp3) is 0.734. The molecule has 4 fully saturated rings. The van der Waals surface area contributed by atoms with Crippen molar-refractivity contribution in [1.29, 1.82) is 0 Å². The highest BCUT2D eigenvalue weighted by molar-refractivity contribution is 8.00. The molecule has 2 heterocycles. The van der Waals surface area contributed by atoms with Crippen LogP contribution in [0.4, 0.5) is 14.4 Å². The maximum atomic E-state index is 12.7. The summed E-state index contributed by atoms with van der Waals surface area (Å²) in [4.78, 5) is 61.0. The number of unbranched alkanes of at least 4 members (excludes halogenated alkanes) is 1. The number of amides is 6. The van der Waals surface area contributed by atoms with Crippen molar-refractivity contribution in [3.8, 4) is 11.1 Å². The molecular formula is C64H102N6O18S. The van der Waals surface area contributed by atoms with Gasteiger partial charge in [-0.3, -0.25) is 9.59 Å². The average molecular weight is 1280 g/mol. The molecule has 0 radical (unpaired) electrons. The summed E-state index contributed by atoms with van der Waals surface area (Å²) in [6, 6.07) is 17.1. The topological polar surface area (TPSA) is 278 Å². The second-order valence-electron chi connectivity index (χ2n) is 23.2.